The van der Waals surface area contributed by atoms with E-state index in [0.717, 1.165) is 5.56 Å². The van der Waals surface area contributed by atoms with Gasteiger partial charge in [-0.2, -0.15) is 0 Å². The second-order valence-corrected chi connectivity index (χ2v) is 5.00. The number of guanidine groups is 1. The van der Waals surface area contributed by atoms with Crippen LogP contribution >= 0.6 is 0 Å². The monoisotopic (exact) mass is 274 g/mol. The summed E-state index contributed by atoms with van der Waals surface area (Å²) in [6, 6.07) is 6.83. The molecule has 1 heterocycles. The predicted octanol–water partition coefficient (Wildman–Crippen LogP) is 0.568. The highest BCUT2D eigenvalue weighted by Gasteiger charge is 2.37. The summed E-state index contributed by atoms with van der Waals surface area (Å²) in [6.45, 7) is 4.16. The number of hydrogen-bond acceptors (Lipinski definition) is 4. The zero-order valence-corrected chi connectivity index (χ0v) is 11.6. The van der Waals surface area contributed by atoms with Gasteiger partial charge in [-0.3, -0.25) is 14.5 Å². The van der Waals surface area contributed by atoms with Gasteiger partial charge >= 0.3 is 0 Å². The maximum atomic E-state index is 12.1. The van der Waals surface area contributed by atoms with E-state index in [1.165, 1.54) is 4.90 Å². The molecular weight excluding hydrogens is 256 g/mol. The Morgan fingerprint density at radius 2 is 2.20 bits per heavy atom. The topological polar surface area (TPSA) is 102 Å². The number of primary amides is 1. The van der Waals surface area contributed by atoms with Gasteiger partial charge in [-0.15, -0.1) is 0 Å². The van der Waals surface area contributed by atoms with Crippen LogP contribution in [0.25, 0.3) is 0 Å². The summed E-state index contributed by atoms with van der Waals surface area (Å²) < 4.78 is 0. The van der Waals surface area contributed by atoms with Crippen molar-refractivity contribution < 1.29 is 9.59 Å². The number of amides is 2. The Bertz CT molecular complexity index is 597. The van der Waals surface area contributed by atoms with E-state index in [1.807, 2.05) is 19.9 Å². The summed E-state index contributed by atoms with van der Waals surface area (Å²) in [7, 11) is 0. The first-order chi connectivity index (χ1) is 9.37. The molecule has 2 rings (SSSR count). The Kier molecular flexibility index (Phi) is 3.48. The van der Waals surface area contributed by atoms with Crippen LogP contribution in [0.2, 0.25) is 0 Å². The van der Waals surface area contributed by atoms with Gasteiger partial charge in [-0.05, 0) is 31.5 Å². The Labute approximate surface area is 117 Å². The molecule has 1 aromatic carbocycles. The fourth-order valence-electron chi connectivity index (χ4n) is 2.38. The molecule has 0 fully saturated rings. The van der Waals surface area contributed by atoms with Crippen molar-refractivity contribution in [1.29, 1.82) is 0 Å². The highest BCUT2D eigenvalue weighted by Crippen LogP contribution is 2.33. The Hall–Kier alpha value is -2.37. The van der Waals surface area contributed by atoms with E-state index in [0.29, 0.717) is 12.1 Å². The number of hydrogen-bond donors (Lipinski definition) is 2. The minimum atomic E-state index is -0.766. The van der Waals surface area contributed by atoms with Gasteiger partial charge in [0.25, 0.3) is 0 Å². The standard InChI is InChI=1S/C14H18N4O2/c1-3-18-11(19)8-14(2,17-13(18)16)10-6-4-5-9(7-10)12(15)20/h4-7H,3,8H2,1-2H3,(H2,15,20)(H2,16,17)/t14-/m0/s1. The zero-order valence-electron chi connectivity index (χ0n) is 11.6. The van der Waals surface area contributed by atoms with E-state index in [2.05, 4.69) is 4.99 Å². The lowest BCUT2D eigenvalue weighted by atomic mass is 9.86. The van der Waals surface area contributed by atoms with E-state index in [9.17, 15) is 9.59 Å². The molecule has 0 saturated heterocycles. The van der Waals surface area contributed by atoms with Crippen molar-refractivity contribution in [2.24, 2.45) is 16.5 Å². The molecule has 1 aliphatic heterocycles. The van der Waals surface area contributed by atoms with Gasteiger partial charge in [0.2, 0.25) is 11.8 Å². The molecule has 0 saturated carbocycles. The molecule has 1 aromatic rings. The number of benzene rings is 1. The van der Waals surface area contributed by atoms with Gasteiger partial charge in [0.05, 0.1) is 12.0 Å². The molecule has 0 spiro atoms. The lowest BCUT2D eigenvalue weighted by Crippen LogP contribution is -2.49. The van der Waals surface area contributed by atoms with Crippen molar-refractivity contribution in [1.82, 2.24) is 4.90 Å². The third-order valence-corrected chi connectivity index (χ3v) is 3.52. The lowest BCUT2D eigenvalue weighted by Gasteiger charge is -2.35. The maximum Gasteiger partial charge on any atom is 0.248 e. The molecule has 20 heavy (non-hydrogen) atoms. The molecule has 0 radical (unpaired) electrons. The second-order valence-electron chi connectivity index (χ2n) is 5.00. The average molecular weight is 274 g/mol. The van der Waals surface area contributed by atoms with Crippen LogP contribution in [0.4, 0.5) is 0 Å². The van der Waals surface area contributed by atoms with Gasteiger partial charge in [0.1, 0.15) is 0 Å². The molecule has 0 aromatic heterocycles. The molecule has 2 amide bonds. The molecular formula is C14H18N4O2. The minimum absolute atomic E-state index is 0.0769. The largest absolute Gasteiger partial charge is 0.369 e. The van der Waals surface area contributed by atoms with Gasteiger partial charge in [0, 0.05) is 12.1 Å². The summed E-state index contributed by atoms with van der Waals surface area (Å²) in [5.41, 5.74) is 11.5. The van der Waals surface area contributed by atoms with Crippen LogP contribution in [-0.4, -0.2) is 29.2 Å². The van der Waals surface area contributed by atoms with Crippen LogP contribution in [0.5, 0.6) is 0 Å². The number of nitrogens with zero attached hydrogens (tertiary/aromatic N) is 2. The fourth-order valence-corrected chi connectivity index (χ4v) is 2.38. The van der Waals surface area contributed by atoms with E-state index in [-0.39, 0.29) is 18.3 Å². The molecule has 1 atom stereocenters. The minimum Gasteiger partial charge on any atom is -0.369 e. The zero-order chi connectivity index (χ0) is 14.9. The van der Waals surface area contributed by atoms with E-state index in [1.54, 1.807) is 18.2 Å². The van der Waals surface area contributed by atoms with Gasteiger partial charge in [-0.25, -0.2) is 4.99 Å². The summed E-state index contributed by atoms with van der Waals surface area (Å²) in [4.78, 5) is 29.2. The van der Waals surface area contributed by atoms with Crippen LogP contribution in [0, 0.1) is 0 Å². The van der Waals surface area contributed by atoms with Crippen molar-refractivity contribution in [3.63, 3.8) is 0 Å². The summed E-state index contributed by atoms with van der Waals surface area (Å²) in [5, 5.41) is 0. The molecule has 0 unspecified atom stereocenters. The first kappa shape index (κ1) is 14.0. The van der Waals surface area contributed by atoms with Crippen molar-refractivity contribution in [2.75, 3.05) is 6.54 Å². The third kappa shape index (κ3) is 2.36. The first-order valence-corrected chi connectivity index (χ1v) is 6.43. The Morgan fingerprint density at radius 3 is 2.75 bits per heavy atom. The van der Waals surface area contributed by atoms with Gasteiger partial charge in [0.15, 0.2) is 5.96 Å². The average Bonchev–Trinajstić information content (AvgIpc) is 2.38. The van der Waals surface area contributed by atoms with Crippen molar-refractivity contribution in [3.8, 4) is 0 Å². The van der Waals surface area contributed by atoms with Crippen molar-refractivity contribution in [3.05, 3.63) is 35.4 Å². The molecule has 0 aliphatic carbocycles. The molecule has 6 heteroatoms. The molecule has 1 aliphatic rings. The van der Waals surface area contributed by atoms with Crippen molar-refractivity contribution in [2.45, 2.75) is 25.8 Å². The first-order valence-electron chi connectivity index (χ1n) is 6.43. The third-order valence-electron chi connectivity index (χ3n) is 3.52. The fraction of sp³-hybridized carbons (Fsp3) is 0.357. The number of carbonyl (C=O) groups is 2. The van der Waals surface area contributed by atoms with Crippen LogP contribution in [0.15, 0.2) is 29.3 Å². The van der Waals surface area contributed by atoms with Crippen LogP contribution in [0.3, 0.4) is 0 Å². The quantitative estimate of drug-likeness (QED) is 0.842. The summed E-state index contributed by atoms with van der Waals surface area (Å²) in [6.07, 6.45) is 0.212. The molecule has 4 N–H and O–H groups in total. The van der Waals surface area contributed by atoms with Crippen LogP contribution < -0.4 is 11.5 Å². The van der Waals surface area contributed by atoms with Gasteiger partial charge < -0.3 is 11.5 Å². The molecule has 106 valence electrons. The van der Waals surface area contributed by atoms with E-state index in [4.69, 9.17) is 11.5 Å². The summed E-state index contributed by atoms with van der Waals surface area (Å²) in [5.74, 6) is -0.382. The SMILES string of the molecule is CCN1C(=O)C[C@@](C)(c2cccc(C(N)=O)c2)N=C1N. The highest BCUT2D eigenvalue weighted by atomic mass is 16.2. The smallest absolute Gasteiger partial charge is 0.248 e. The number of nitrogens with two attached hydrogens (primary N) is 2. The highest BCUT2D eigenvalue weighted by molar-refractivity contribution is 5.99. The number of aliphatic imine (C=N–C) groups is 1. The van der Waals surface area contributed by atoms with Crippen molar-refractivity contribution >= 4 is 17.8 Å². The van der Waals surface area contributed by atoms with Gasteiger partial charge in [-0.1, -0.05) is 12.1 Å². The maximum absolute atomic E-state index is 12.1. The lowest BCUT2D eigenvalue weighted by molar-refractivity contribution is -0.129. The predicted molar refractivity (Wildman–Crippen MR) is 75.9 cm³/mol. The van der Waals surface area contributed by atoms with E-state index < -0.39 is 11.4 Å². The van der Waals surface area contributed by atoms with Crippen LogP contribution in [0.1, 0.15) is 36.2 Å². The Balaban J connectivity index is 2.46. The molecule has 6 nitrogen and oxygen atoms in total. The summed E-state index contributed by atoms with van der Waals surface area (Å²) >= 11 is 0. The molecule has 0 bridgehead atoms. The number of rotatable bonds is 3. The second kappa shape index (κ2) is 4.96. The normalized spacial score (nSPS) is 22.6. The van der Waals surface area contributed by atoms with Crippen LogP contribution in [-0.2, 0) is 10.3 Å². The van der Waals surface area contributed by atoms with E-state index >= 15 is 0 Å². The number of carbonyl (C=O) groups excluding carboxylic acids is 2. The Morgan fingerprint density at radius 1 is 1.50 bits per heavy atom.